The highest BCUT2D eigenvalue weighted by atomic mass is 35.5. The summed E-state index contributed by atoms with van der Waals surface area (Å²) in [7, 11) is 0. The van der Waals surface area contributed by atoms with Gasteiger partial charge >= 0.3 is 5.97 Å². The van der Waals surface area contributed by atoms with Crippen molar-refractivity contribution in [2.45, 2.75) is 0 Å². The van der Waals surface area contributed by atoms with Crippen molar-refractivity contribution in [1.82, 2.24) is 4.98 Å². The molecule has 0 amide bonds. The first kappa shape index (κ1) is 11.8. The summed E-state index contributed by atoms with van der Waals surface area (Å²) in [6, 6.07) is 0. The van der Waals surface area contributed by atoms with Crippen LogP contribution in [0.25, 0.3) is 9.88 Å². The van der Waals surface area contributed by atoms with Crippen molar-refractivity contribution >= 4 is 40.2 Å². The minimum atomic E-state index is -1.05. The summed E-state index contributed by atoms with van der Waals surface area (Å²) in [6.45, 7) is 0.908. The van der Waals surface area contributed by atoms with Gasteiger partial charge in [0.05, 0.1) is 0 Å². The summed E-state index contributed by atoms with van der Waals surface area (Å²) >= 11 is 8.58. The fraction of sp³-hybridized carbons (Fsp3) is 0.200. The van der Waals surface area contributed by atoms with Crippen LogP contribution in [0, 0.1) is 0 Å². The molecule has 0 radical (unpaired) electrons. The molecule has 1 aliphatic rings. The summed E-state index contributed by atoms with van der Waals surface area (Å²) in [5, 5.41) is 10.9. The quantitative estimate of drug-likeness (QED) is 0.923. The van der Waals surface area contributed by atoms with Crippen LogP contribution in [0.4, 0.5) is 0 Å². The van der Waals surface area contributed by atoms with E-state index in [0.29, 0.717) is 38.9 Å². The molecular weight excluding hydrogens is 298 g/mol. The molecular formula is C10H6ClNO4S2. The zero-order valence-corrected chi connectivity index (χ0v) is 11.2. The average molecular weight is 304 g/mol. The number of carboxylic acids is 1. The molecule has 0 atom stereocenters. The molecule has 0 saturated carbocycles. The molecule has 0 aliphatic carbocycles. The van der Waals surface area contributed by atoms with Crippen molar-refractivity contribution in [1.29, 1.82) is 0 Å². The molecule has 0 saturated heterocycles. The number of carbonyl (C=O) groups is 1. The molecule has 0 bridgehead atoms. The molecule has 94 valence electrons. The van der Waals surface area contributed by atoms with E-state index >= 15 is 0 Å². The predicted molar refractivity (Wildman–Crippen MR) is 68.4 cm³/mol. The largest absolute Gasteiger partial charge is 0.484 e. The highest BCUT2D eigenvalue weighted by Gasteiger charge is 2.26. The number of fused-ring (bicyclic) bond motifs is 1. The second-order valence-electron chi connectivity index (χ2n) is 3.40. The van der Waals surface area contributed by atoms with Crippen LogP contribution in [0.2, 0.25) is 4.34 Å². The second-order valence-corrected chi connectivity index (χ2v) is 5.88. The lowest BCUT2D eigenvalue weighted by atomic mass is 10.4. The lowest BCUT2D eigenvalue weighted by molar-refractivity contribution is 0.0691. The van der Waals surface area contributed by atoms with Crippen LogP contribution in [-0.2, 0) is 0 Å². The van der Waals surface area contributed by atoms with Gasteiger partial charge in [-0.05, 0) is 0 Å². The minimum Gasteiger partial charge on any atom is -0.484 e. The van der Waals surface area contributed by atoms with Crippen molar-refractivity contribution in [2.75, 3.05) is 13.2 Å². The van der Waals surface area contributed by atoms with Crippen LogP contribution in [-0.4, -0.2) is 29.3 Å². The van der Waals surface area contributed by atoms with Gasteiger partial charge in [0.1, 0.15) is 27.4 Å². The smallest absolute Gasteiger partial charge is 0.355 e. The Bertz CT molecular complexity index is 621. The average Bonchev–Trinajstić information content (AvgIpc) is 2.95. The van der Waals surface area contributed by atoms with Gasteiger partial charge in [0.15, 0.2) is 17.2 Å². The molecule has 18 heavy (non-hydrogen) atoms. The van der Waals surface area contributed by atoms with Crippen LogP contribution in [0.3, 0.4) is 0 Å². The minimum absolute atomic E-state index is 0.0185. The summed E-state index contributed by atoms with van der Waals surface area (Å²) < 4.78 is 11.4. The molecule has 0 fully saturated rings. The van der Waals surface area contributed by atoms with Gasteiger partial charge in [0, 0.05) is 5.38 Å². The number of thiophene rings is 1. The summed E-state index contributed by atoms with van der Waals surface area (Å²) in [5.41, 5.74) is 0.0185. The number of nitrogens with zero attached hydrogens (tertiary/aromatic N) is 1. The molecule has 2 aromatic heterocycles. The topological polar surface area (TPSA) is 68.7 Å². The zero-order valence-electron chi connectivity index (χ0n) is 8.81. The number of thiazole rings is 1. The van der Waals surface area contributed by atoms with Crippen LogP contribution in [0.1, 0.15) is 10.5 Å². The summed E-state index contributed by atoms with van der Waals surface area (Å²) in [5.74, 6) is 0.0312. The van der Waals surface area contributed by atoms with Gasteiger partial charge in [-0.1, -0.05) is 11.6 Å². The Morgan fingerprint density at radius 3 is 2.78 bits per heavy atom. The second kappa shape index (κ2) is 4.42. The predicted octanol–water partition coefficient (Wildman–Crippen LogP) is 2.99. The van der Waals surface area contributed by atoms with Gasteiger partial charge < -0.3 is 14.6 Å². The van der Waals surface area contributed by atoms with Crippen LogP contribution in [0.15, 0.2) is 5.38 Å². The van der Waals surface area contributed by atoms with Gasteiger partial charge in [-0.2, -0.15) is 0 Å². The fourth-order valence-corrected chi connectivity index (χ4v) is 3.70. The van der Waals surface area contributed by atoms with E-state index in [2.05, 4.69) is 4.98 Å². The Morgan fingerprint density at radius 1 is 1.39 bits per heavy atom. The normalized spacial score (nSPS) is 13.6. The summed E-state index contributed by atoms with van der Waals surface area (Å²) in [4.78, 5) is 15.6. The molecule has 0 unspecified atom stereocenters. The molecule has 1 N–H and O–H groups in total. The third-order valence-electron chi connectivity index (χ3n) is 2.28. The Hall–Kier alpha value is -1.31. The number of halogens is 1. The first-order valence-corrected chi connectivity index (χ1v) is 7.01. The van der Waals surface area contributed by atoms with E-state index < -0.39 is 5.97 Å². The highest BCUT2D eigenvalue weighted by molar-refractivity contribution is 7.24. The monoisotopic (exact) mass is 303 g/mol. The van der Waals surface area contributed by atoms with Gasteiger partial charge in [-0.25, -0.2) is 9.78 Å². The number of carboxylic acid groups (broad SMARTS) is 1. The molecule has 5 nitrogen and oxygen atoms in total. The zero-order chi connectivity index (χ0) is 12.7. The number of ether oxygens (including phenoxy) is 2. The third-order valence-corrected chi connectivity index (χ3v) is 4.62. The highest BCUT2D eigenvalue weighted by Crippen LogP contribution is 2.52. The maximum Gasteiger partial charge on any atom is 0.355 e. The van der Waals surface area contributed by atoms with Crippen molar-refractivity contribution in [3.05, 3.63) is 15.4 Å². The Morgan fingerprint density at radius 2 is 2.11 bits per heavy atom. The lowest BCUT2D eigenvalue weighted by Crippen LogP contribution is -2.14. The van der Waals surface area contributed by atoms with E-state index in [1.54, 1.807) is 0 Å². The molecule has 3 rings (SSSR count). The molecule has 3 heterocycles. The van der Waals surface area contributed by atoms with Crippen molar-refractivity contribution in [3.63, 3.8) is 0 Å². The molecule has 0 spiro atoms. The number of hydrogen-bond acceptors (Lipinski definition) is 6. The van der Waals surface area contributed by atoms with Gasteiger partial charge in [0.2, 0.25) is 0 Å². The molecule has 2 aromatic rings. The summed E-state index contributed by atoms with van der Waals surface area (Å²) in [6.07, 6.45) is 0. The van der Waals surface area contributed by atoms with Gasteiger partial charge in [-0.3, -0.25) is 0 Å². The molecule has 1 aliphatic heterocycles. The standard InChI is InChI=1S/C10H6ClNO4S2/c11-8-6-5(15-1-2-16-6)7(18-8)9-12-4(3-17-9)10(13)14/h3H,1-2H2,(H,13,14). The van der Waals surface area contributed by atoms with E-state index in [1.807, 2.05) is 0 Å². The van der Waals surface area contributed by atoms with Crippen molar-refractivity contribution in [3.8, 4) is 21.4 Å². The van der Waals surface area contributed by atoms with E-state index in [-0.39, 0.29) is 5.69 Å². The van der Waals surface area contributed by atoms with E-state index in [4.69, 9.17) is 26.2 Å². The number of rotatable bonds is 2. The van der Waals surface area contributed by atoms with Crippen molar-refractivity contribution < 1.29 is 19.4 Å². The number of aromatic carboxylic acids is 1. The van der Waals surface area contributed by atoms with E-state index in [0.717, 1.165) is 0 Å². The van der Waals surface area contributed by atoms with E-state index in [9.17, 15) is 4.79 Å². The maximum atomic E-state index is 10.8. The Kier molecular flexibility index (Phi) is 2.89. The van der Waals surface area contributed by atoms with E-state index in [1.165, 1.54) is 28.1 Å². The number of hydrogen-bond donors (Lipinski definition) is 1. The van der Waals surface area contributed by atoms with Crippen molar-refractivity contribution in [2.24, 2.45) is 0 Å². The third kappa shape index (κ3) is 1.84. The van der Waals surface area contributed by atoms with Gasteiger partial charge in [-0.15, -0.1) is 22.7 Å². The SMILES string of the molecule is O=C(O)c1csc(-c2sc(Cl)c3c2OCCO3)n1. The molecule has 8 heteroatoms. The Balaban J connectivity index is 2.08. The van der Waals surface area contributed by atoms with Crippen LogP contribution >= 0.6 is 34.3 Å². The molecule has 0 aromatic carbocycles. The van der Waals surface area contributed by atoms with Gasteiger partial charge in [0.25, 0.3) is 0 Å². The first-order valence-electron chi connectivity index (χ1n) is 4.94. The Labute approximate surface area is 115 Å². The van der Waals surface area contributed by atoms with Crippen LogP contribution < -0.4 is 9.47 Å². The first-order chi connectivity index (χ1) is 8.66. The number of aromatic nitrogens is 1. The lowest BCUT2D eigenvalue weighted by Gasteiger charge is -2.15. The van der Waals surface area contributed by atoms with Crippen LogP contribution in [0.5, 0.6) is 11.5 Å². The fourth-order valence-electron chi connectivity index (χ4n) is 1.53. The maximum absolute atomic E-state index is 10.8.